The van der Waals surface area contributed by atoms with Crippen molar-refractivity contribution in [2.45, 2.75) is 25.2 Å². The molecule has 0 saturated heterocycles. The van der Waals surface area contributed by atoms with Gasteiger partial charge in [-0.25, -0.2) is 9.97 Å². The van der Waals surface area contributed by atoms with Gasteiger partial charge in [-0.05, 0) is 54.8 Å². The van der Waals surface area contributed by atoms with Crippen LogP contribution < -0.4 is 10.2 Å². The van der Waals surface area contributed by atoms with Crippen molar-refractivity contribution in [1.82, 2.24) is 20.3 Å². The van der Waals surface area contributed by atoms with Gasteiger partial charge in [0.15, 0.2) is 0 Å². The first-order valence-corrected chi connectivity index (χ1v) is 11.8. The van der Waals surface area contributed by atoms with Gasteiger partial charge < -0.3 is 15.2 Å². The summed E-state index contributed by atoms with van der Waals surface area (Å²) in [4.78, 5) is 13.6. The topological polar surface area (TPSA) is 56.8 Å². The minimum atomic E-state index is -4.51. The fourth-order valence-corrected chi connectivity index (χ4v) is 4.58. The number of nitrogens with zero attached hydrogens (tertiary/aromatic N) is 3. The number of hydrogen-bond acceptors (Lipinski definition) is 4. The van der Waals surface area contributed by atoms with Crippen LogP contribution in [0.2, 0.25) is 0 Å². The summed E-state index contributed by atoms with van der Waals surface area (Å²) in [5.41, 5.74) is 2.15. The molecule has 0 radical (unpaired) electrons. The maximum Gasteiger partial charge on any atom is 0.419 e. The maximum atomic E-state index is 13.5. The van der Waals surface area contributed by atoms with Crippen molar-refractivity contribution in [3.63, 3.8) is 0 Å². The molecule has 5 rings (SSSR count). The highest BCUT2D eigenvalue weighted by molar-refractivity contribution is 5.80. The number of pyridine rings is 1. The van der Waals surface area contributed by atoms with Gasteiger partial charge in [-0.3, -0.25) is 0 Å². The molecule has 11 heteroatoms. The van der Waals surface area contributed by atoms with Crippen molar-refractivity contribution >= 4 is 17.0 Å². The molecule has 5 nitrogen and oxygen atoms in total. The van der Waals surface area contributed by atoms with Crippen LogP contribution in [0.15, 0.2) is 54.7 Å². The summed E-state index contributed by atoms with van der Waals surface area (Å²) < 4.78 is 79.6. The molecule has 3 aromatic rings. The van der Waals surface area contributed by atoms with Crippen LogP contribution in [-0.4, -0.2) is 41.1 Å². The Bertz CT molecular complexity index is 1330. The molecule has 194 valence electrons. The van der Waals surface area contributed by atoms with Gasteiger partial charge in [-0.1, -0.05) is 24.3 Å². The lowest BCUT2D eigenvalue weighted by atomic mass is 10.00. The maximum absolute atomic E-state index is 13.5. The van der Waals surface area contributed by atoms with E-state index < -0.39 is 23.5 Å². The van der Waals surface area contributed by atoms with Gasteiger partial charge in [0.2, 0.25) is 0 Å². The van der Waals surface area contributed by atoms with E-state index in [2.05, 4.69) is 15.3 Å². The number of imidazole rings is 1. The number of halogens is 6. The number of aromatic nitrogens is 3. The second-order valence-corrected chi connectivity index (χ2v) is 8.87. The zero-order valence-electron chi connectivity index (χ0n) is 19.5. The summed E-state index contributed by atoms with van der Waals surface area (Å²) in [5.74, 6) is 0.441. The SMILES string of the molecule is FC(F)(F)c1ccc(-c2nc(C3=CCN(c4ncccc4C(F)(F)F)CC3)[nH]c2C2=CCNCC2)cc1. The van der Waals surface area contributed by atoms with Crippen molar-refractivity contribution in [2.75, 3.05) is 31.1 Å². The summed E-state index contributed by atoms with van der Waals surface area (Å²) in [7, 11) is 0. The Kier molecular flexibility index (Phi) is 6.57. The summed E-state index contributed by atoms with van der Waals surface area (Å²) in [6, 6.07) is 7.17. The highest BCUT2D eigenvalue weighted by Gasteiger charge is 2.36. The Morgan fingerprint density at radius 1 is 0.865 bits per heavy atom. The monoisotopic (exact) mass is 519 g/mol. The third kappa shape index (κ3) is 5.27. The van der Waals surface area contributed by atoms with E-state index in [0.717, 1.165) is 48.0 Å². The van der Waals surface area contributed by atoms with E-state index >= 15 is 0 Å². The standard InChI is InChI=1S/C26H23F6N5/c27-25(28,29)19-5-3-16(4-6-19)21-22(17-7-12-33-13-8-17)36-23(35-21)18-9-14-37(15-10-18)24-20(26(30,31)32)2-1-11-34-24/h1-7,9,11,33H,8,10,12-15H2,(H,35,36). The summed E-state index contributed by atoms with van der Waals surface area (Å²) in [6.45, 7) is 1.95. The number of hydrogen-bond donors (Lipinski definition) is 2. The molecule has 2 aromatic heterocycles. The van der Waals surface area contributed by atoms with Gasteiger partial charge in [0.25, 0.3) is 0 Å². The molecule has 0 fully saturated rings. The van der Waals surface area contributed by atoms with E-state index in [0.29, 0.717) is 36.6 Å². The van der Waals surface area contributed by atoms with Crippen LogP contribution in [0.25, 0.3) is 22.4 Å². The lowest BCUT2D eigenvalue weighted by Gasteiger charge is -2.29. The molecule has 0 bridgehead atoms. The van der Waals surface area contributed by atoms with Crippen molar-refractivity contribution in [3.8, 4) is 11.3 Å². The molecule has 2 N–H and O–H groups in total. The second kappa shape index (κ2) is 9.70. The molecule has 37 heavy (non-hydrogen) atoms. The van der Waals surface area contributed by atoms with Crippen molar-refractivity contribution in [2.24, 2.45) is 0 Å². The minimum Gasteiger partial charge on any atom is -0.352 e. The predicted octanol–water partition coefficient (Wildman–Crippen LogP) is 6.18. The normalized spacial score (nSPS) is 17.0. The summed E-state index contributed by atoms with van der Waals surface area (Å²) >= 11 is 0. The summed E-state index contributed by atoms with van der Waals surface area (Å²) in [6.07, 6.45) is -2.63. The lowest BCUT2D eigenvalue weighted by Crippen LogP contribution is -2.31. The summed E-state index contributed by atoms with van der Waals surface area (Å²) in [5, 5.41) is 3.23. The highest BCUT2D eigenvalue weighted by atomic mass is 19.4. The van der Waals surface area contributed by atoms with E-state index in [1.54, 1.807) is 4.90 Å². The van der Waals surface area contributed by atoms with Gasteiger partial charge >= 0.3 is 12.4 Å². The fourth-order valence-electron chi connectivity index (χ4n) is 4.58. The molecule has 0 amide bonds. The molecule has 0 spiro atoms. The van der Waals surface area contributed by atoms with Crippen molar-refractivity contribution in [3.05, 3.63) is 77.4 Å². The number of rotatable bonds is 4. The van der Waals surface area contributed by atoms with Crippen LogP contribution in [0.1, 0.15) is 35.5 Å². The largest absolute Gasteiger partial charge is 0.419 e. The first kappa shape index (κ1) is 25.1. The number of nitrogens with one attached hydrogen (secondary N) is 2. The predicted molar refractivity (Wildman–Crippen MR) is 129 cm³/mol. The Hall–Kier alpha value is -3.60. The van der Waals surface area contributed by atoms with Crippen LogP contribution in [0.4, 0.5) is 32.2 Å². The second-order valence-electron chi connectivity index (χ2n) is 8.87. The fraction of sp³-hybridized carbons (Fsp3) is 0.308. The Morgan fingerprint density at radius 3 is 2.27 bits per heavy atom. The molecule has 0 unspecified atom stereocenters. The number of alkyl halides is 6. The number of benzene rings is 1. The number of anilines is 1. The average molecular weight is 519 g/mol. The lowest BCUT2D eigenvalue weighted by molar-refractivity contribution is -0.138. The van der Waals surface area contributed by atoms with Crippen LogP contribution in [0.5, 0.6) is 0 Å². The van der Waals surface area contributed by atoms with Crippen LogP contribution in [0.3, 0.4) is 0 Å². The van der Waals surface area contributed by atoms with E-state index in [-0.39, 0.29) is 12.4 Å². The molecule has 1 aromatic carbocycles. The minimum absolute atomic E-state index is 0.115. The van der Waals surface area contributed by atoms with Gasteiger partial charge in [0.05, 0.1) is 22.5 Å². The smallest absolute Gasteiger partial charge is 0.352 e. The first-order chi connectivity index (χ1) is 17.6. The third-order valence-corrected chi connectivity index (χ3v) is 6.48. The molecule has 0 saturated carbocycles. The molecular formula is C26H23F6N5. The molecule has 4 heterocycles. The average Bonchev–Trinajstić information content (AvgIpc) is 3.34. The van der Waals surface area contributed by atoms with Crippen molar-refractivity contribution < 1.29 is 26.3 Å². The molecule has 2 aliphatic rings. The molecule has 0 atom stereocenters. The van der Waals surface area contributed by atoms with E-state index in [1.165, 1.54) is 24.4 Å². The Morgan fingerprint density at radius 2 is 1.65 bits per heavy atom. The van der Waals surface area contributed by atoms with Gasteiger partial charge in [0, 0.05) is 31.4 Å². The van der Waals surface area contributed by atoms with Crippen LogP contribution in [-0.2, 0) is 12.4 Å². The highest BCUT2D eigenvalue weighted by Crippen LogP contribution is 2.38. The Balaban J connectivity index is 1.47. The first-order valence-electron chi connectivity index (χ1n) is 11.8. The quantitative estimate of drug-likeness (QED) is 0.405. The zero-order chi connectivity index (χ0) is 26.2. The molecular weight excluding hydrogens is 496 g/mol. The zero-order valence-corrected chi connectivity index (χ0v) is 19.5. The molecule has 0 aliphatic carbocycles. The van der Waals surface area contributed by atoms with E-state index in [4.69, 9.17) is 4.98 Å². The number of H-pyrrole nitrogens is 1. The van der Waals surface area contributed by atoms with Crippen LogP contribution in [0, 0.1) is 0 Å². The van der Waals surface area contributed by atoms with Gasteiger partial charge in [-0.15, -0.1) is 0 Å². The van der Waals surface area contributed by atoms with E-state index in [9.17, 15) is 26.3 Å². The van der Waals surface area contributed by atoms with E-state index in [1.807, 2.05) is 12.2 Å². The number of aromatic amines is 1. The van der Waals surface area contributed by atoms with Gasteiger partial charge in [0.1, 0.15) is 11.6 Å². The van der Waals surface area contributed by atoms with Crippen LogP contribution >= 0.6 is 0 Å². The van der Waals surface area contributed by atoms with Crippen molar-refractivity contribution in [1.29, 1.82) is 0 Å². The van der Waals surface area contributed by atoms with Gasteiger partial charge in [-0.2, -0.15) is 26.3 Å². The third-order valence-electron chi connectivity index (χ3n) is 6.48. The Labute approximate surface area is 208 Å². The molecule has 2 aliphatic heterocycles.